The zero-order valence-electron chi connectivity index (χ0n) is 6.09. The van der Waals surface area contributed by atoms with Gasteiger partial charge in [-0.05, 0) is 19.3 Å². The van der Waals surface area contributed by atoms with Crippen molar-refractivity contribution in [2.45, 2.75) is 31.3 Å². The molecule has 2 N–H and O–H groups in total. The second-order valence-electron chi connectivity index (χ2n) is 3.06. The van der Waals surface area contributed by atoms with Crippen molar-refractivity contribution < 1.29 is 9.59 Å². The lowest BCUT2D eigenvalue weighted by Crippen LogP contribution is -2.63. The second-order valence-corrected chi connectivity index (χ2v) is 3.06. The lowest BCUT2D eigenvalue weighted by atomic mass is 9.94. The minimum atomic E-state index is -0.161. The molecule has 0 aromatic heterocycles. The number of carbonyl (C=O) groups excluding carboxylic acids is 2. The number of nitrogens with one attached hydrogen (secondary N) is 2. The lowest BCUT2D eigenvalue weighted by Gasteiger charge is -2.33. The molecule has 2 aliphatic rings. The number of piperidine rings is 1. The molecule has 2 bridgehead atoms. The normalized spacial score (nSPS) is 36.7. The van der Waals surface area contributed by atoms with E-state index in [0.717, 1.165) is 19.3 Å². The van der Waals surface area contributed by atoms with E-state index in [1.54, 1.807) is 0 Å². The highest BCUT2D eigenvalue weighted by molar-refractivity contribution is 6.02. The first-order valence-electron chi connectivity index (χ1n) is 3.88. The van der Waals surface area contributed by atoms with Gasteiger partial charge in [-0.3, -0.25) is 20.2 Å². The van der Waals surface area contributed by atoms with Crippen LogP contribution in [-0.2, 0) is 9.59 Å². The second kappa shape index (κ2) is 2.30. The fraction of sp³-hybridized carbons (Fsp3) is 0.714. The van der Waals surface area contributed by atoms with Crippen molar-refractivity contribution in [3.63, 3.8) is 0 Å². The summed E-state index contributed by atoms with van der Waals surface area (Å²) in [5.41, 5.74) is 0. The summed E-state index contributed by atoms with van der Waals surface area (Å²) in [4.78, 5) is 22.0. The Labute approximate surface area is 64.3 Å². The number of piperazine rings is 1. The molecule has 0 radical (unpaired) electrons. The highest BCUT2D eigenvalue weighted by Crippen LogP contribution is 2.16. The zero-order valence-corrected chi connectivity index (χ0v) is 6.09. The van der Waals surface area contributed by atoms with Gasteiger partial charge in [0.15, 0.2) is 0 Å². The molecule has 2 heterocycles. The van der Waals surface area contributed by atoms with Crippen LogP contribution < -0.4 is 10.6 Å². The molecular formula is C7H10N2O2. The number of rotatable bonds is 0. The van der Waals surface area contributed by atoms with Gasteiger partial charge in [-0.1, -0.05) is 0 Å². The van der Waals surface area contributed by atoms with Crippen LogP contribution in [0.1, 0.15) is 19.3 Å². The maximum Gasteiger partial charge on any atom is 0.243 e. The van der Waals surface area contributed by atoms with Crippen LogP contribution in [0.3, 0.4) is 0 Å². The molecule has 2 amide bonds. The van der Waals surface area contributed by atoms with Gasteiger partial charge in [0.2, 0.25) is 11.8 Å². The molecule has 2 rings (SSSR count). The molecule has 11 heavy (non-hydrogen) atoms. The van der Waals surface area contributed by atoms with Gasteiger partial charge >= 0.3 is 0 Å². The van der Waals surface area contributed by atoms with E-state index < -0.39 is 0 Å². The summed E-state index contributed by atoms with van der Waals surface area (Å²) in [5, 5.41) is 5.33. The molecule has 0 aliphatic carbocycles. The number of carbonyl (C=O) groups is 2. The predicted molar refractivity (Wildman–Crippen MR) is 37.7 cm³/mol. The minimum Gasteiger partial charge on any atom is -0.295 e. The van der Waals surface area contributed by atoms with Crippen LogP contribution in [0.15, 0.2) is 0 Å². The third-order valence-electron chi connectivity index (χ3n) is 2.27. The van der Waals surface area contributed by atoms with Crippen molar-refractivity contribution in [2.24, 2.45) is 0 Å². The molecule has 2 fully saturated rings. The number of imide groups is 1. The quantitative estimate of drug-likeness (QED) is 0.447. The monoisotopic (exact) mass is 154 g/mol. The summed E-state index contributed by atoms with van der Waals surface area (Å²) in [5.74, 6) is -0.322. The first-order valence-corrected chi connectivity index (χ1v) is 3.88. The molecule has 0 spiro atoms. The molecule has 4 heteroatoms. The molecule has 2 atom stereocenters. The van der Waals surface area contributed by atoms with Gasteiger partial charge in [-0.15, -0.1) is 0 Å². The molecule has 2 saturated heterocycles. The first-order chi connectivity index (χ1) is 5.27. The number of amides is 2. The van der Waals surface area contributed by atoms with Crippen molar-refractivity contribution in [3.05, 3.63) is 0 Å². The first kappa shape index (κ1) is 6.79. The highest BCUT2D eigenvalue weighted by atomic mass is 16.2. The number of fused-ring (bicyclic) bond motifs is 2. The van der Waals surface area contributed by atoms with E-state index >= 15 is 0 Å². The molecule has 60 valence electrons. The molecule has 0 aromatic rings. The lowest BCUT2D eigenvalue weighted by molar-refractivity contribution is -0.138. The summed E-state index contributed by atoms with van der Waals surface area (Å²) >= 11 is 0. The Morgan fingerprint density at radius 2 is 1.64 bits per heavy atom. The van der Waals surface area contributed by atoms with Crippen molar-refractivity contribution >= 4 is 11.8 Å². The Bertz CT molecular complexity index is 194. The maximum absolute atomic E-state index is 11.0. The molecular weight excluding hydrogens is 144 g/mol. The van der Waals surface area contributed by atoms with Crippen LogP contribution >= 0.6 is 0 Å². The van der Waals surface area contributed by atoms with Crippen LogP contribution in [0.4, 0.5) is 0 Å². The molecule has 2 unspecified atom stereocenters. The predicted octanol–water partition coefficient (Wildman–Crippen LogP) is -0.847. The molecule has 0 aromatic carbocycles. The van der Waals surface area contributed by atoms with Crippen LogP contribution in [0.25, 0.3) is 0 Å². The Balaban J connectivity index is 2.17. The van der Waals surface area contributed by atoms with Gasteiger partial charge in [0, 0.05) is 0 Å². The van der Waals surface area contributed by atoms with Crippen molar-refractivity contribution in [1.82, 2.24) is 10.6 Å². The number of hydrogen-bond donors (Lipinski definition) is 2. The highest BCUT2D eigenvalue weighted by Gasteiger charge is 2.36. The fourth-order valence-corrected chi connectivity index (χ4v) is 1.64. The average molecular weight is 154 g/mol. The van der Waals surface area contributed by atoms with Gasteiger partial charge < -0.3 is 0 Å². The third-order valence-corrected chi connectivity index (χ3v) is 2.27. The SMILES string of the molecule is O=C1NC(=O)C2CCCC1N2. The largest absolute Gasteiger partial charge is 0.295 e. The van der Waals surface area contributed by atoms with Crippen molar-refractivity contribution in [3.8, 4) is 0 Å². The summed E-state index contributed by atoms with van der Waals surface area (Å²) in [7, 11) is 0. The maximum atomic E-state index is 11.0. The van der Waals surface area contributed by atoms with E-state index in [4.69, 9.17) is 0 Å². The average Bonchev–Trinajstić information content (AvgIpc) is 2.02. The summed E-state index contributed by atoms with van der Waals surface area (Å²) in [6.07, 6.45) is 2.69. The Kier molecular flexibility index (Phi) is 1.42. The van der Waals surface area contributed by atoms with E-state index in [9.17, 15) is 9.59 Å². The van der Waals surface area contributed by atoms with Gasteiger partial charge in [-0.2, -0.15) is 0 Å². The Morgan fingerprint density at radius 3 is 2.18 bits per heavy atom. The third kappa shape index (κ3) is 1.03. The van der Waals surface area contributed by atoms with Crippen LogP contribution in [0.2, 0.25) is 0 Å². The Hall–Kier alpha value is -0.900. The topological polar surface area (TPSA) is 58.2 Å². The molecule has 0 saturated carbocycles. The van der Waals surface area contributed by atoms with E-state index in [2.05, 4.69) is 10.6 Å². The van der Waals surface area contributed by atoms with Gasteiger partial charge in [0.05, 0.1) is 12.1 Å². The van der Waals surface area contributed by atoms with Crippen molar-refractivity contribution in [1.29, 1.82) is 0 Å². The minimum absolute atomic E-state index is 0.119. The van der Waals surface area contributed by atoms with Crippen LogP contribution in [-0.4, -0.2) is 23.9 Å². The van der Waals surface area contributed by atoms with E-state index in [1.165, 1.54) is 0 Å². The summed E-state index contributed by atoms with van der Waals surface area (Å²) in [6, 6.07) is -0.238. The van der Waals surface area contributed by atoms with Crippen LogP contribution in [0, 0.1) is 0 Å². The smallest absolute Gasteiger partial charge is 0.243 e. The number of hydrogen-bond acceptors (Lipinski definition) is 3. The summed E-state index contributed by atoms with van der Waals surface area (Å²) < 4.78 is 0. The van der Waals surface area contributed by atoms with Crippen LogP contribution in [0.5, 0.6) is 0 Å². The van der Waals surface area contributed by atoms with E-state index in [0.29, 0.717) is 0 Å². The van der Waals surface area contributed by atoms with Gasteiger partial charge in [0.25, 0.3) is 0 Å². The molecule has 2 aliphatic heterocycles. The van der Waals surface area contributed by atoms with Gasteiger partial charge in [-0.25, -0.2) is 0 Å². The van der Waals surface area contributed by atoms with Crippen molar-refractivity contribution in [2.75, 3.05) is 0 Å². The fourth-order valence-electron chi connectivity index (χ4n) is 1.64. The van der Waals surface area contributed by atoms with Gasteiger partial charge in [0.1, 0.15) is 0 Å². The standard InChI is InChI=1S/C7H10N2O2/c10-6-4-2-1-3-5(8-4)7(11)9-6/h4-5,8H,1-3H2,(H,9,10,11). The Morgan fingerprint density at radius 1 is 1.09 bits per heavy atom. The zero-order chi connectivity index (χ0) is 7.84. The van der Waals surface area contributed by atoms with E-state index in [-0.39, 0.29) is 23.9 Å². The summed E-state index contributed by atoms with van der Waals surface area (Å²) in [6.45, 7) is 0. The molecule has 4 nitrogen and oxygen atoms in total. The van der Waals surface area contributed by atoms with E-state index in [1.807, 2.05) is 0 Å².